The molecular formula is C90H100B2N4S2. The fourth-order valence-corrected chi connectivity index (χ4v) is 18.4. The molecule has 0 saturated carbocycles. The minimum atomic E-state index is -0.196. The minimum absolute atomic E-state index is 0.00746. The predicted molar refractivity (Wildman–Crippen MR) is 435 cm³/mol. The van der Waals surface area contributed by atoms with E-state index in [0.29, 0.717) is 0 Å². The fraction of sp³-hybridized carbons (Fsp3) is 0.356. The third kappa shape index (κ3) is 10.7. The van der Waals surface area contributed by atoms with Gasteiger partial charge in [-0.3, -0.25) is 0 Å². The van der Waals surface area contributed by atoms with Gasteiger partial charge in [0.25, 0.3) is 13.4 Å². The maximum Gasteiger partial charge on any atom is 0.264 e. The Hall–Kier alpha value is -7.77. The van der Waals surface area contributed by atoms with Gasteiger partial charge in [-0.2, -0.15) is 0 Å². The lowest BCUT2D eigenvalue weighted by Gasteiger charge is -2.47. The van der Waals surface area contributed by atoms with E-state index in [4.69, 9.17) is 0 Å². The van der Waals surface area contributed by atoms with E-state index >= 15 is 0 Å². The zero-order chi connectivity index (χ0) is 70.0. The molecule has 0 bridgehead atoms. The van der Waals surface area contributed by atoms with Gasteiger partial charge in [0.1, 0.15) is 0 Å². The molecule has 0 unspecified atom stereocenters. The molecule has 0 aliphatic carbocycles. The Balaban J connectivity index is 1.11. The maximum atomic E-state index is 2.76. The normalized spacial score (nSPS) is 14.8. The van der Waals surface area contributed by atoms with Crippen LogP contribution in [0.25, 0.3) is 20.2 Å². The number of hydrogen-bond donors (Lipinski definition) is 0. The van der Waals surface area contributed by atoms with Crippen molar-refractivity contribution in [3.8, 4) is 0 Å². The third-order valence-electron chi connectivity index (χ3n) is 21.9. The molecule has 0 radical (unpaired) electrons. The summed E-state index contributed by atoms with van der Waals surface area (Å²) in [7, 11) is 0. The molecule has 498 valence electrons. The van der Waals surface area contributed by atoms with Crippen LogP contribution in [0.5, 0.6) is 0 Å². The van der Waals surface area contributed by atoms with Crippen LogP contribution in [-0.4, -0.2) is 13.4 Å². The number of thiophene rings is 2. The summed E-state index contributed by atoms with van der Waals surface area (Å²) >= 11 is 4.02. The van der Waals surface area contributed by atoms with Crippen molar-refractivity contribution in [2.45, 2.75) is 209 Å². The largest absolute Gasteiger partial charge is 0.311 e. The average Bonchev–Trinajstić information content (AvgIpc) is 1.19. The first-order valence-electron chi connectivity index (χ1n) is 36.0. The Bertz CT molecular complexity index is 4730. The molecule has 6 heterocycles. The third-order valence-corrected chi connectivity index (χ3v) is 24.3. The van der Waals surface area contributed by atoms with Crippen LogP contribution in [0.15, 0.2) is 170 Å². The fourth-order valence-electron chi connectivity index (χ4n) is 15.8. The zero-order valence-corrected chi connectivity index (χ0v) is 64.6. The number of nitrogens with zero attached hydrogens (tertiary/aromatic N) is 4. The smallest absolute Gasteiger partial charge is 0.264 e. The molecule has 0 spiro atoms. The number of anilines is 12. The molecule has 15 rings (SSSR count). The summed E-state index contributed by atoms with van der Waals surface area (Å²) in [5.74, 6) is 0. The minimum Gasteiger partial charge on any atom is -0.311 e. The quantitative estimate of drug-likeness (QED) is 0.163. The van der Waals surface area contributed by atoms with Gasteiger partial charge in [-0.15, -0.1) is 22.7 Å². The Morgan fingerprint density at radius 1 is 0.235 bits per heavy atom. The van der Waals surface area contributed by atoms with E-state index in [1.165, 1.54) is 153 Å². The molecule has 8 heteroatoms. The number of hydrogen-bond acceptors (Lipinski definition) is 6. The highest BCUT2D eigenvalue weighted by molar-refractivity contribution is 7.35. The Kier molecular flexibility index (Phi) is 14.8. The molecule has 0 N–H and O–H groups in total. The molecule has 4 aliphatic rings. The number of fused-ring (bicyclic) bond motifs is 12. The van der Waals surface area contributed by atoms with Gasteiger partial charge in [0.15, 0.2) is 0 Å². The van der Waals surface area contributed by atoms with Crippen LogP contribution in [0.2, 0.25) is 0 Å². The van der Waals surface area contributed by atoms with Crippen molar-refractivity contribution in [3.05, 3.63) is 214 Å². The topological polar surface area (TPSA) is 13.0 Å². The van der Waals surface area contributed by atoms with Crippen LogP contribution in [0, 0.1) is 0 Å². The van der Waals surface area contributed by atoms with Gasteiger partial charge >= 0.3 is 0 Å². The lowest BCUT2D eigenvalue weighted by Crippen LogP contribution is -2.64. The van der Waals surface area contributed by atoms with Crippen molar-refractivity contribution in [2.24, 2.45) is 0 Å². The lowest BCUT2D eigenvalue weighted by molar-refractivity contribution is 0.589. The van der Waals surface area contributed by atoms with Crippen molar-refractivity contribution in [1.29, 1.82) is 0 Å². The lowest BCUT2D eigenvalue weighted by atomic mass is 9.32. The molecule has 0 saturated heterocycles. The molecule has 0 fully saturated rings. The van der Waals surface area contributed by atoms with Gasteiger partial charge in [-0.1, -0.05) is 233 Å². The van der Waals surface area contributed by atoms with Crippen LogP contribution >= 0.6 is 22.7 Å². The highest BCUT2D eigenvalue weighted by Gasteiger charge is 2.51. The predicted octanol–water partition coefficient (Wildman–Crippen LogP) is 22.7. The number of benzene rings is 9. The molecule has 4 nitrogen and oxygen atoms in total. The van der Waals surface area contributed by atoms with Crippen LogP contribution in [-0.2, 0) is 43.3 Å². The van der Waals surface area contributed by atoms with Gasteiger partial charge < -0.3 is 19.6 Å². The molecule has 2 aromatic heterocycles. The molecule has 0 atom stereocenters. The maximum absolute atomic E-state index is 2.76. The summed E-state index contributed by atoms with van der Waals surface area (Å²) in [6.07, 6.45) is 0. The summed E-state index contributed by atoms with van der Waals surface area (Å²) in [4.78, 5) is 10.8. The second-order valence-electron chi connectivity index (χ2n) is 37.3. The molecule has 11 aromatic rings. The van der Waals surface area contributed by atoms with Crippen LogP contribution in [0.3, 0.4) is 0 Å². The van der Waals surface area contributed by atoms with Crippen molar-refractivity contribution in [1.82, 2.24) is 0 Å². The van der Waals surface area contributed by atoms with Crippen molar-refractivity contribution in [3.63, 3.8) is 0 Å². The molecular weight excluding hydrogens is 1220 g/mol. The summed E-state index contributed by atoms with van der Waals surface area (Å²) in [6.45, 7) is 56.4. The monoisotopic (exact) mass is 1320 g/mol. The standard InChI is InChI=1S/C90H100B2N4S2/c1-83(2,3)53-25-35-61(36-26-53)93-69-52-70-68(51-67(69)91-77-71(93)47-59(89(19,20)21)49-73(77)95(63-39-29-55(30-40-63)85(7,8)9)79-65-45-57(87(13,14)15)33-43-75(65)97-81(79)91)92-78-72(94(70)62-37-27-54(28-38-62)84(4,5)6)48-60(90(22,23)24)50-74(78)96(64-41-31-56(32-42-64)86(10,11)12)80-66-46-58(88(16,17)18)34-44-76(66)98-82(80)92/h25-52H,1-24H3. The van der Waals surface area contributed by atoms with Crippen molar-refractivity contribution < 1.29 is 0 Å². The van der Waals surface area contributed by atoms with Gasteiger partial charge in [0, 0.05) is 86.6 Å². The van der Waals surface area contributed by atoms with E-state index in [2.05, 4.69) is 356 Å². The Morgan fingerprint density at radius 3 is 0.745 bits per heavy atom. The van der Waals surface area contributed by atoms with E-state index in [1.807, 2.05) is 22.7 Å². The van der Waals surface area contributed by atoms with Crippen LogP contribution in [0.4, 0.5) is 68.2 Å². The van der Waals surface area contributed by atoms with Crippen molar-refractivity contribution >= 4 is 156 Å². The Labute approximate surface area is 595 Å². The first kappa shape index (κ1) is 66.1. The van der Waals surface area contributed by atoms with Crippen LogP contribution in [0.1, 0.15) is 211 Å². The first-order valence-corrected chi connectivity index (χ1v) is 37.6. The first-order chi connectivity index (χ1) is 45.6. The van der Waals surface area contributed by atoms with E-state index < -0.39 is 0 Å². The molecule has 4 aliphatic heterocycles. The molecule has 98 heavy (non-hydrogen) atoms. The van der Waals surface area contributed by atoms with Crippen molar-refractivity contribution in [2.75, 3.05) is 19.6 Å². The summed E-state index contributed by atoms with van der Waals surface area (Å²) in [5, 5.41) is 2.63. The SMILES string of the molecule is CC(C)(C)c1ccc(N2c3cc4c(cc3B3c5sc6ccc(C(C)(C)C)cc6c5N(c5ccc(C(C)(C)C)cc5)c5cc(C(C)(C)C)cc2c53)B2c3sc5ccc(C(C)(C)C)cc5c3N(c3ccc(C(C)(C)C)cc3)c3cc(C(C)(C)C)cc(c32)N4c2ccc(C(C)(C)C)cc2)cc1. The molecule has 9 aromatic carbocycles. The van der Waals surface area contributed by atoms with E-state index in [1.54, 1.807) is 0 Å². The van der Waals surface area contributed by atoms with Gasteiger partial charge in [0.2, 0.25) is 0 Å². The summed E-state index contributed by atoms with van der Waals surface area (Å²) in [5.41, 5.74) is 30.1. The second kappa shape index (κ2) is 21.9. The highest BCUT2D eigenvalue weighted by Crippen LogP contribution is 2.55. The molecule has 0 amide bonds. The number of rotatable bonds is 4. The van der Waals surface area contributed by atoms with Gasteiger partial charge in [-0.25, -0.2) is 0 Å². The Morgan fingerprint density at radius 2 is 0.480 bits per heavy atom. The van der Waals surface area contributed by atoms with E-state index in [-0.39, 0.29) is 56.7 Å². The van der Waals surface area contributed by atoms with Gasteiger partial charge in [0.05, 0.1) is 11.4 Å². The van der Waals surface area contributed by atoms with Gasteiger partial charge in [-0.05, 0) is 213 Å². The second-order valence-corrected chi connectivity index (χ2v) is 39.4. The summed E-state index contributed by atoms with van der Waals surface area (Å²) in [6, 6.07) is 69.0. The summed E-state index contributed by atoms with van der Waals surface area (Å²) < 4.78 is 5.41. The average molecular weight is 1320 g/mol. The van der Waals surface area contributed by atoms with Crippen LogP contribution < -0.4 is 51.0 Å². The highest BCUT2D eigenvalue weighted by atomic mass is 32.1. The van der Waals surface area contributed by atoms with E-state index in [9.17, 15) is 0 Å². The zero-order valence-electron chi connectivity index (χ0n) is 62.9. The van der Waals surface area contributed by atoms with E-state index in [0.717, 1.165) is 11.4 Å².